The minimum atomic E-state index is 0. The molecule has 1 rings (SSSR count). The van der Waals surface area contributed by atoms with Crippen LogP contribution >= 0.6 is 0 Å². The molecule has 0 spiro atoms. The Morgan fingerprint density at radius 3 is 2.73 bits per heavy atom. The van der Waals surface area contributed by atoms with Crippen molar-refractivity contribution in [1.29, 1.82) is 0 Å². The molecule has 0 aromatic carbocycles. The third kappa shape index (κ3) is 3.38. The average molecular weight is 172 g/mol. The first-order valence-corrected chi connectivity index (χ1v) is 3.78. The van der Waals surface area contributed by atoms with E-state index in [0.717, 1.165) is 6.54 Å². The van der Waals surface area contributed by atoms with Crippen molar-refractivity contribution in [3.63, 3.8) is 0 Å². The lowest BCUT2D eigenvalue weighted by Crippen LogP contribution is -3.00. The number of hydrogen-bond acceptors (Lipinski definition) is 0. The van der Waals surface area contributed by atoms with Crippen LogP contribution in [0.1, 0.15) is 18.9 Å². The molecule has 0 N–H and O–H groups in total. The van der Waals surface area contributed by atoms with Gasteiger partial charge in [-0.15, -0.1) is 0 Å². The average Bonchev–Trinajstić information content (AvgIpc) is 1.88. The molecule has 0 radical (unpaired) electrons. The Kier molecular flexibility index (Phi) is 4.88. The van der Waals surface area contributed by atoms with E-state index in [-0.39, 0.29) is 12.4 Å². The van der Waals surface area contributed by atoms with Crippen LogP contribution in [-0.2, 0) is 6.54 Å². The summed E-state index contributed by atoms with van der Waals surface area (Å²) in [6.07, 6.45) is 5.48. The molecule has 11 heavy (non-hydrogen) atoms. The maximum Gasteiger partial charge on any atom is 0.171 e. The second-order valence-electron chi connectivity index (χ2n) is 2.62. The number of hydrogen-bond donors (Lipinski definition) is 0. The van der Waals surface area contributed by atoms with E-state index in [2.05, 4.69) is 42.9 Å². The third-order valence-corrected chi connectivity index (χ3v) is 1.49. The Labute approximate surface area is 74.5 Å². The summed E-state index contributed by atoms with van der Waals surface area (Å²) < 4.78 is 2.22. The fourth-order valence-corrected chi connectivity index (χ4v) is 1.05. The molecule has 0 atom stereocenters. The number of halogens is 1. The van der Waals surface area contributed by atoms with E-state index in [4.69, 9.17) is 0 Å². The molecule has 0 aliphatic carbocycles. The molecule has 0 fully saturated rings. The summed E-state index contributed by atoms with van der Waals surface area (Å²) >= 11 is 0. The summed E-state index contributed by atoms with van der Waals surface area (Å²) in [5, 5.41) is 0. The number of aryl methyl sites for hydroxylation is 2. The van der Waals surface area contributed by atoms with Crippen LogP contribution in [-0.4, -0.2) is 0 Å². The summed E-state index contributed by atoms with van der Waals surface area (Å²) in [4.78, 5) is 0. The van der Waals surface area contributed by atoms with E-state index in [1.54, 1.807) is 0 Å². The molecule has 0 aliphatic heterocycles. The normalized spacial score (nSPS) is 8.91. The van der Waals surface area contributed by atoms with Gasteiger partial charge in [0.1, 0.15) is 6.54 Å². The van der Waals surface area contributed by atoms with E-state index in [9.17, 15) is 0 Å². The van der Waals surface area contributed by atoms with Crippen LogP contribution in [0.5, 0.6) is 0 Å². The van der Waals surface area contributed by atoms with Gasteiger partial charge in [-0.1, -0.05) is 6.92 Å². The van der Waals surface area contributed by atoms with Gasteiger partial charge in [-0.3, -0.25) is 0 Å². The highest BCUT2D eigenvalue weighted by molar-refractivity contribution is 5.01. The van der Waals surface area contributed by atoms with Crippen molar-refractivity contribution in [1.82, 2.24) is 0 Å². The van der Waals surface area contributed by atoms with Gasteiger partial charge in [-0.05, 0) is 13.0 Å². The summed E-state index contributed by atoms with van der Waals surface area (Å²) in [6, 6.07) is 4.21. The van der Waals surface area contributed by atoms with Crippen molar-refractivity contribution < 1.29 is 17.0 Å². The van der Waals surface area contributed by atoms with Gasteiger partial charge < -0.3 is 12.4 Å². The van der Waals surface area contributed by atoms with E-state index in [1.807, 2.05) is 0 Å². The molecule has 0 saturated heterocycles. The van der Waals surface area contributed by atoms with Crippen LogP contribution in [0.3, 0.4) is 0 Å². The lowest BCUT2D eigenvalue weighted by Gasteiger charge is -1.92. The number of rotatable bonds is 2. The number of aromatic nitrogens is 1. The van der Waals surface area contributed by atoms with Crippen molar-refractivity contribution in [2.75, 3.05) is 0 Å². The zero-order valence-corrected chi connectivity index (χ0v) is 7.80. The standard InChI is InChI=1S/C9H14N.ClH/c1-3-6-10-7-4-5-9(2)8-10;/h4-5,7-8H,3,6H2,1-2H3;1H/q+1;/p-1. The summed E-state index contributed by atoms with van der Waals surface area (Å²) in [5.41, 5.74) is 1.33. The Hall–Kier alpha value is -0.560. The second-order valence-corrected chi connectivity index (χ2v) is 2.62. The molecule has 0 unspecified atom stereocenters. The minimum absolute atomic E-state index is 0. The maximum absolute atomic E-state index is 2.22. The lowest BCUT2D eigenvalue weighted by atomic mass is 10.3. The minimum Gasteiger partial charge on any atom is -1.00 e. The van der Waals surface area contributed by atoms with Gasteiger partial charge in [0.15, 0.2) is 12.4 Å². The van der Waals surface area contributed by atoms with Crippen molar-refractivity contribution in [2.24, 2.45) is 0 Å². The predicted octanol–water partition coefficient (Wildman–Crippen LogP) is -1.30. The molecule has 0 amide bonds. The quantitative estimate of drug-likeness (QED) is 0.487. The van der Waals surface area contributed by atoms with E-state index < -0.39 is 0 Å². The first-order chi connectivity index (χ1) is 4.83. The molecule has 62 valence electrons. The SMILES string of the molecule is CCC[n+]1cccc(C)c1.[Cl-]. The molecule has 1 aromatic rings. The van der Waals surface area contributed by atoms with Gasteiger partial charge in [0, 0.05) is 18.1 Å². The smallest absolute Gasteiger partial charge is 0.171 e. The topological polar surface area (TPSA) is 3.88 Å². The third-order valence-electron chi connectivity index (χ3n) is 1.49. The molecule has 1 nitrogen and oxygen atoms in total. The zero-order valence-electron chi connectivity index (χ0n) is 7.05. The van der Waals surface area contributed by atoms with Crippen LogP contribution in [0.15, 0.2) is 24.5 Å². The lowest BCUT2D eigenvalue weighted by molar-refractivity contribution is -0.697. The van der Waals surface area contributed by atoms with Crippen LogP contribution in [0, 0.1) is 6.92 Å². The maximum atomic E-state index is 2.22. The van der Waals surface area contributed by atoms with Gasteiger partial charge in [0.05, 0.1) is 0 Å². The van der Waals surface area contributed by atoms with Crippen LogP contribution in [0.25, 0.3) is 0 Å². The van der Waals surface area contributed by atoms with E-state index in [0.29, 0.717) is 0 Å². The largest absolute Gasteiger partial charge is 1.00 e. The van der Waals surface area contributed by atoms with Gasteiger partial charge in [0.25, 0.3) is 0 Å². The predicted molar refractivity (Wildman–Crippen MR) is 41.7 cm³/mol. The van der Waals surface area contributed by atoms with Gasteiger partial charge >= 0.3 is 0 Å². The molecular weight excluding hydrogens is 158 g/mol. The second kappa shape index (κ2) is 5.14. The Morgan fingerprint density at radius 2 is 2.18 bits per heavy atom. The fourth-order valence-electron chi connectivity index (χ4n) is 1.05. The monoisotopic (exact) mass is 171 g/mol. The molecular formula is C9H14ClN. The van der Waals surface area contributed by atoms with Gasteiger partial charge in [-0.2, -0.15) is 0 Å². The molecule has 2 heteroatoms. The van der Waals surface area contributed by atoms with Crippen LogP contribution < -0.4 is 17.0 Å². The van der Waals surface area contributed by atoms with E-state index in [1.165, 1.54) is 12.0 Å². The number of nitrogens with zero attached hydrogens (tertiary/aromatic N) is 1. The van der Waals surface area contributed by atoms with Gasteiger partial charge in [0.2, 0.25) is 0 Å². The Morgan fingerprint density at radius 1 is 1.45 bits per heavy atom. The summed E-state index contributed by atoms with van der Waals surface area (Å²) in [6.45, 7) is 5.43. The summed E-state index contributed by atoms with van der Waals surface area (Å²) in [7, 11) is 0. The van der Waals surface area contributed by atoms with Crippen LogP contribution in [0.2, 0.25) is 0 Å². The summed E-state index contributed by atoms with van der Waals surface area (Å²) in [5.74, 6) is 0. The van der Waals surface area contributed by atoms with Crippen molar-refractivity contribution >= 4 is 0 Å². The van der Waals surface area contributed by atoms with Gasteiger partial charge in [-0.25, -0.2) is 4.57 Å². The Balaban J connectivity index is 0.000001000. The zero-order chi connectivity index (χ0) is 7.40. The van der Waals surface area contributed by atoms with Crippen molar-refractivity contribution in [2.45, 2.75) is 26.8 Å². The van der Waals surface area contributed by atoms with E-state index >= 15 is 0 Å². The van der Waals surface area contributed by atoms with Crippen molar-refractivity contribution in [3.05, 3.63) is 30.1 Å². The first-order valence-electron chi connectivity index (χ1n) is 3.78. The highest BCUT2D eigenvalue weighted by Gasteiger charge is 1.95. The highest BCUT2D eigenvalue weighted by Crippen LogP contribution is 1.89. The van der Waals surface area contributed by atoms with Crippen molar-refractivity contribution in [3.8, 4) is 0 Å². The fraction of sp³-hybridized carbons (Fsp3) is 0.444. The molecule has 0 bridgehead atoms. The molecule has 0 saturated carbocycles. The number of pyridine rings is 1. The van der Waals surface area contributed by atoms with Crippen LogP contribution in [0.4, 0.5) is 0 Å². The first kappa shape index (κ1) is 10.4. The molecule has 0 aliphatic rings. The molecule has 1 aromatic heterocycles. The molecule has 1 heterocycles. The highest BCUT2D eigenvalue weighted by atomic mass is 35.5. The Bertz CT molecular complexity index is 210.